The molecule has 3 rings (SSSR count). The van der Waals surface area contributed by atoms with Gasteiger partial charge in [0.2, 0.25) is 0 Å². The van der Waals surface area contributed by atoms with Crippen LogP contribution in [0.4, 0.5) is 0 Å². The molecule has 112 valence electrons. The van der Waals surface area contributed by atoms with Gasteiger partial charge in [0.05, 0.1) is 6.54 Å². The summed E-state index contributed by atoms with van der Waals surface area (Å²) in [5, 5.41) is 8.96. The Morgan fingerprint density at radius 3 is 2.71 bits per heavy atom. The number of nitrogens with one attached hydrogen (secondary N) is 2. The highest BCUT2D eigenvalue weighted by molar-refractivity contribution is 14.0. The zero-order chi connectivity index (χ0) is 13.8. The van der Waals surface area contributed by atoms with E-state index in [1.165, 1.54) is 16.9 Å². The number of nitrogens with zero attached hydrogens (tertiary/aromatic N) is 1. The summed E-state index contributed by atoms with van der Waals surface area (Å²) in [6.45, 7) is 0.833. The van der Waals surface area contributed by atoms with E-state index in [0.29, 0.717) is 12.0 Å². The van der Waals surface area contributed by atoms with Gasteiger partial charge >= 0.3 is 0 Å². The number of aliphatic imine (C=N–C) groups is 1. The van der Waals surface area contributed by atoms with Crippen LogP contribution in [0.15, 0.2) is 52.8 Å². The highest BCUT2D eigenvalue weighted by atomic mass is 127. The lowest BCUT2D eigenvalue weighted by Crippen LogP contribution is -2.38. The van der Waals surface area contributed by atoms with Crippen molar-refractivity contribution in [3.05, 3.63) is 58.3 Å². The smallest absolute Gasteiger partial charge is 0.191 e. The molecular weight excluding hydrogens is 393 g/mol. The predicted octanol–water partition coefficient (Wildman–Crippen LogP) is 3.59. The van der Waals surface area contributed by atoms with Crippen LogP contribution in [0.2, 0.25) is 0 Å². The molecule has 2 N–H and O–H groups in total. The molecule has 0 radical (unpaired) electrons. The van der Waals surface area contributed by atoms with Gasteiger partial charge in [0.15, 0.2) is 5.96 Å². The van der Waals surface area contributed by atoms with E-state index in [1.54, 1.807) is 11.3 Å². The number of thiophene rings is 1. The molecule has 5 heteroatoms. The van der Waals surface area contributed by atoms with Gasteiger partial charge in [0.1, 0.15) is 0 Å². The molecule has 1 aliphatic carbocycles. The van der Waals surface area contributed by atoms with Crippen LogP contribution < -0.4 is 10.6 Å². The second kappa shape index (κ2) is 7.79. The average Bonchev–Trinajstić information content (AvgIpc) is 3.06. The largest absolute Gasteiger partial charge is 0.353 e. The van der Waals surface area contributed by atoms with Crippen LogP contribution in [0.25, 0.3) is 0 Å². The summed E-state index contributed by atoms with van der Waals surface area (Å²) in [5.74, 6) is 1.51. The lowest BCUT2D eigenvalue weighted by atomic mass is 10.1. The Labute approximate surface area is 146 Å². The lowest BCUT2D eigenvalue weighted by Gasteiger charge is -2.11. The Morgan fingerprint density at radius 1 is 1.24 bits per heavy atom. The van der Waals surface area contributed by atoms with Crippen LogP contribution >= 0.6 is 35.3 Å². The van der Waals surface area contributed by atoms with E-state index >= 15 is 0 Å². The molecule has 0 bridgehead atoms. The molecule has 1 aromatic carbocycles. The highest BCUT2D eigenvalue weighted by Crippen LogP contribution is 2.40. The molecule has 1 saturated carbocycles. The second-order valence-electron chi connectivity index (χ2n) is 5.01. The third-order valence-electron chi connectivity index (χ3n) is 3.57. The molecule has 2 aromatic rings. The van der Waals surface area contributed by atoms with Crippen LogP contribution in [0.1, 0.15) is 22.8 Å². The van der Waals surface area contributed by atoms with Crippen molar-refractivity contribution in [1.29, 1.82) is 0 Å². The van der Waals surface area contributed by atoms with Gasteiger partial charge in [0.25, 0.3) is 0 Å². The van der Waals surface area contributed by atoms with Crippen molar-refractivity contribution in [3.63, 3.8) is 0 Å². The van der Waals surface area contributed by atoms with E-state index in [-0.39, 0.29) is 24.0 Å². The topological polar surface area (TPSA) is 36.4 Å². The van der Waals surface area contributed by atoms with E-state index in [4.69, 9.17) is 0 Å². The number of benzene rings is 1. The fourth-order valence-corrected chi connectivity index (χ4v) is 3.02. The summed E-state index contributed by atoms with van der Waals surface area (Å²) in [6, 6.07) is 15.4. The monoisotopic (exact) mass is 413 g/mol. The normalized spacial score (nSPS) is 20.5. The Kier molecular flexibility index (Phi) is 6.05. The van der Waals surface area contributed by atoms with Gasteiger partial charge in [-0.15, -0.1) is 35.3 Å². The summed E-state index contributed by atoms with van der Waals surface area (Å²) in [6.07, 6.45) is 1.18. The summed E-state index contributed by atoms with van der Waals surface area (Å²) in [5.41, 5.74) is 1.42. The van der Waals surface area contributed by atoms with E-state index in [1.807, 2.05) is 7.05 Å². The molecule has 2 atom stereocenters. The Hall–Kier alpha value is -1.08. The minimum atomic E-state index is 0. The third-order valence-corrected chi connectivity index (χ3v) is 4.45. The second-order valence-corrected chi connectivity index (χ2v) is 6.04. The van der Waals surface area contributed by atoms with Crippen molar-refractivity contribution in [2.75, 3.05) is 7.05 Å². The van der Waals surface area contributed by atoms with E-state index < -0.39 is 0 Å². The van der Waals surface area contributed by atoms with Crippen molar-refractivity contribution in [1.82, 2.24) is 10.6 Å². The van der Waals surface area contributed by atoms with Gasteiger partial charge in [-0.05, 0) is 23.4 Å². The summed E-state index contributed by atoms with van der Waals surface area (Å²) >= 11 is 1.76. The third kappa shape index (κ3) is 4.44. The zero-order valence-corrected chi connectivity index (χ0v) is 15.1. The predicted molar refractivity (Wildman–Crippen MR) is 101 cm³/mol. The van der Waals surface area contributed by atoms with E-state index in [9.17, 15) is 0 Å². The Bertz CT molecular complexity index is 568. The average molecular weight is 413 g/mol. The molecular formula is C16H20IN3S. The molecule has 0 spiro atoms. The van der Waals surface area contributed by atoms with Crippen molar-refractivity contribution in [2.45, 2.75) is 24.9 Å². The SMILES string of the molecule is CN=C(NCc1cccs1)NC1CC1c1ccccc1.I. The first-order valence-electron chi connectivity index (χ1n) is 6.91. The van der Waals surface area contributed by atoms with Crippen LogP contribution in [-0.2, 0) is 6.54 Å². The fraction of sp³-hybridized carbons (Fsp3) is 0.312. The molecule has 2 unspecified atom stereocenters. The van der Waals surface area contributed by atoms with Crippen molar-refractivity contribution in [3.8, 4) is 0 Å². The standard InChI is InChI=1S/C16H19N3S.HI/c1-17-16(18-11-13-8-5-9-20-13)19-15-10-14(15)12-6-3-2-4-7-12;/h2-9,14-15H,10-11H2,1H3,(H2,17,18,19);1H. The van der Waals surface area contributed by atoms with Gasteiger partial charge in [-0.1, -0.05) is 36.4 Å². The van der Waals surface area contributed by atoms with Crippen molar-refractivity contribution in [2.24, 2.45) is 4.99 Å². The molecule has 0 amide bonds. The van der Waals surface area contributed by atoms with Crippen LogP contribution in [-0.4, -0.2) is 19.0 Å². The van der Waals surface area contributed by atoms with E-state index in [2.05, 4.69) is 63.5 Å². The molecule has 1 fully saturated rings. The summed E-state index contributed by atoms with van der Waals surface area (Å²) in [4.78, 5) is 5.62. The van der Waals surface area contributed by atoms with Crippen molar-refractivity contribution >= 4 is 41.3 Å². The molecule has 1 heterocycles. The maximum atomic E-state index is 4.29. The Balaban J connectivity index is 0.00000161. The number of halogens is 1. The van der Waals surface area contributed by atoms with Crippen LogP contribution in [0, 0.1) is 0 Å². The molecule has 3 nitrogen and oxygen atoms in total. The van der Waals surface area contributed by atoms with E-state index in [0.717, 1.165) is 12.5 Å². The first-order chi connectivity index (χ1) is 9.86. The molecule has 1 aromatic heterocycles. The number of hydrogen-bond acceptors (Lipinski definition) is 2. The van der Waals surface area contributed by atoms with Crippen LogP contribution in [0.3, 0.4) is 0 Å². The molecule has 21 heavy (non-hydrogen) atoms. The summed E-state index contributed by atoms with van der Waals surface area (Å²) in [7, 11) is 1.82. The first-order valence-corrected chi connectivity index (χ1v) is 7.79. The van der Waals surface area contributed by atoms with Gasteiger partial charge in [0, 0.05) is 23.9 Å². The lowest BCUT2D eigenvalue weighted by molar-refractivity contribution is 0.795. The fourth-order valence-electron chi connectivity index (χ4n) is 2.38. The Morgan fingerprint density at radius 2 is 2.05 bits per heavy atom. The minimum Gasteiger partial charge on any atom is -0.353 e. The van der Waals surface area contributed by atoms with Gasteiger partial charge in [-0.3, -0.25) is 4.99 Å². The zero-order valence-electron chi connectivity index (χ0n) is 12.0. The highest BCUT2D eigenvalue weighted by Gasteiger charge is 2.38. The van der Waals surface area contributed by atoms with Crippen molar-refractivity contribution < 1.29 is 0 Å². The number of hydrogen-bond donors (Lipinski definition) is 2. The van der Waals surface area contributed by atoms with Crippen LogP contribution in [0.5, 0.6) is 0 Å². The first kappa shape index (κ1) is 16.3. The van der Waals surface area contributed by atoms with Gasteiger partial charge < -0.3 is 10.6 Å². The maximum absolute atomic E-state index is 4.29. The minimum absolute atomic E-state index is 0. The number of guanidine groups is 1. The maximum Gasteiger partial charge on any atom is 0.191 e. The van der Waals surface area contributed by atoms with Gasteiger partial charge in [-0.25, -0.2) is 0 Å². The number of rotatable bonds is 4. The molecule has 1 aliphatic rings. The molecule has 0 aliphatic heterocycles. The molecule has 0 saturated heterocycles. The summed E-state index contributed by atoms with van der Waals surface area (Å²) < 4.78 is 0. The van der Waals surface area contributed by atoms with Gasteiger partial charge in [-0.2, -0.15) is 0 Å². The quantitative estimate of drug-likeness (QED) is 0.457.